The predicted octanol–water partition coefficient (Wildman–Crippen LogP) is 4.92. The molecule has 22 heavy (non-hydrogen) atoms. The molecular formula is C20H18N2. The van der Waals surface area contributed by atoms with Gasteiger partial charge in [-0.05, 0) is 36.1 Å². The van der Waals surface area contributed by atoms with Crippen molar-refractivity contribution < 1.29 is 0 Å². The molecule has 2 aromatic carbocycles. The molecule has 0 radical (unpaired) electrons. The second kappa shape index (κ2) is 4.51. The van der Waals surface area contributed by atoms with Crippen molar-refractivity contribution in [3.05, 3.63) is 71.9 Å². The molecule has 108 valence electrons. The second-order valence-corrected chi connectivity index (χ2v) is 6.30. The van der Waals surface area contributed by atoms with Crippen molar-refractivity contribution >= 4 is 22.2 Å². The fourth-order valence-corrected chi connectivity index (χ4v) is 4.15. The predicted molar refractivity (Wildman–Crippen MR) is 92.1 cm³/mol. The van der Waals surface area contributed by atoms with Crippen molar-refractivity contribution in [1.29, 1.82) is 0 Å². The average Bonchev–Trinajstić information content (AvgIpc) is 3.16. The van der Waals surface area contributed by atoms with Gasteiger partial charge in [0.15, 0.2) is 0 Å². The summed E-state index contributed by atoms with van der Waals surface area (Å²) in [6.45, 7) is 0. The molecule has 2 N–H and O–H groups in total. The van der Waals surface area contributed by atoms with Crippen LogP contribution < -0.4 is 5.32 Å². The van der Waals surface area contributed by atoms with Crippen LogP contribution in [-0.4, -0.2) is 11.0 Å². The van der Waals surface area contributed by atoms with Crippen molar-refractivity contribution in [2.45, 2.75) is 24.8 Å². The van der Waals surface area contributed by atoms with E-state index in [2.05, 4.69) is 71.1 Å². The largest absolute Gasteiger partial charge is 0.377 e. The highest BCUT2D eigenvalue weighted by Gasteiger charge is 2.36. The third-order valence-corrected chi connectivity index (χ3v) is 5.15. The molecule has 2 atom stereocenters. The summed E-state index contributed by atoms with van der Waals surface area (Å²) >= 11 is 0. The van der Waals surface area contributed by atoms with E-state index < -0.39 is 0 Å². The van der Waals surface area contributed by atoms with Crippen LogP contribution in [0.3, 0.4) is 0 Å². The minimum absolute atomic E-state index is 0.408. The molecule has 2 nitrogen and oxygen atoms in total. The highest BCUT2D eigenvalue weighted by atomic mass is 15.0. The second-order valence-electron chi connectivity index (χ2n) is 6.30. The molecule has 0 saturated heterocycles. The van der Waals surface area contributed by atoms with Gasteiger partial charge >= 0.3 is 0 Å². The molecule has 5 rings (SSSR count). The first-order valence-corrected chi connectivity index (χ1v) is 8.04. The number of hydrogen-bond donors (Lipinski definition) is 2. The zero-order valence-electron chi connectivity index (χ0n) is 12.3. The molecule has 2 aliphatic rings. The molecular weight excluding hydrogens is 268 g/mol. The molecule has 2 heterocycles. The van der Waals surface area contributed by atoms with E-state index in [4.69, 9.17) is 0 Å². The minimum Gasteiger partial charge on any atom is -0.377 e. The van der Waals surface area contributed by atoms with E-state index in [0.29, 0.717) is 12.0 Å². The first-order chi connectivity index (χ1) is 10.9. The van der Waals surface area contributed by atoms with E-state index in [0.717, 1.165) is 6.42 Å². The number of H-pyrrole nitrogens is 1. The number of hydrogen-bond acceptors (Lipinski definition) is 1. The zero-order chi connectivity index (χ0) is 14.5. The minimum atomic E-state index is 0.408. The number of anilines is 1. The Bertz CT molecular complexity index is 887. The Labute approximate surface area is 129 Å². The summed E-state index contributed by atoms with van der Waals surface area (Å²) < 4.78 is 0. The summed E-state index contributed by atoms with van der Waals surface area (Å²) in [5.74, 6) is 0.531. The molecule has 3 aromatic rings. The van der Waals surface area contributed by atoms with Gasteiger partial charge in [0, 0.05) is 34.3 Å². The molecule has 0 saturated carbocycles. The van der Waals surface area contributed by atoms with Crippen LogP contribution in [0.25, 0.3) is 16.5 Å². The fourth-order valence-electron chi connectivity index (χ4n) is 4.15. The number of rotatable bonds is 1. The number of nitrogens with one attached hydrogen (secondary N) is 2. The summed E-state index contributed by atoms with van der Waals surface area (Å²) in [5, 5.41) is 5.12. The molecule has 1 aliphatic carbocycles. The van der Waals surface area contributed by atoms with Crippen LogP contribution >= 0.6 is 0 Å². The number of fused-ring (bicyclic) bond motifs is 4. The van der Waals surface area contributed by atoms with Gasteiger partial charge in [0.1, 0.15) is 0 Å². The molecule has 0 amide bonds. The maximum absolute atomic E-state index is 3.76. The van der Waals surface area contributed by atoms with Gasteiger partial charge in [0.25, 0.3) is 0 Å². The Kier molecular flexibility index (Phi) is 2.48. The molecule has 0 fully saturated rings. The number of aromatic amines is 1. The van der Waals surface area contributed by atoms with E-state index >= 15 is 0 Å². The summed E-state index contributed by atoms with van der Waals surface area (Å²) in [6, 6.07) is 17.7. The average molecular weight is 286 g/mol. The summed E-state index contributed by atoms with van der Waals surface area (Å²) in [6.07, 6.45) is 7.00. The zero-order valence-corrected chi connectivity index (χ0v) is 12.3. The Morgan fingerprint density at radius 1 is 0.955 bits per heavy atom. The highest BCUT2D eigenvalue weighted by Crippen LogP contribution is 2.46. The highest BCUT2D eigenvalue weighted by molar-refractivity contribution is 5.90. The third-order valence-electron chi connectivity index (χ3n) is 5.15. The van der Waals surface area contributed by atoms with Crippen LogP contribution in [0.15, 0.2) is 60.8 Å². The maximum Gasteiger partial charge on any atom is 0.0586 e. The van der Waals surface area contributed by atoms with Gasteiger partial charge in [-0.3, -0.25) is 0 Å². The monoisotopic (exact) mass is 286 g/mol. The lowest BCUT2D eigenvalue weighted by Crippen LogP contribution is -2.26. The molecule has 2 unspecified atom stereocenters. The summed E-state index contributed by atoms with van der Waals surface area (Å²) in [7, 11) is 0. The fraction of sp³-hybridized carbons (Fsp3) is 0.200. The van der Waals surface area contributed by atoms with Crippen molar-refractivity contribution in [3.8, 4) is 0 Å². The quantitative estimate of drug-likeness (QED) is 0.652. The Balaban J connectivity index is 1.62. The number of allylic oxidation sites excluding steroid dienone is 1. The maximum atomic E-state index is 3.76. The van der Waals surface area contributed by atoms with Crippen LogP contribution in [0.5, 0.6) is 0 Å². The van der Waals surface area contributed by atoms with Gasteiger partial charge in [0.2, 0.25) is 0 Å². The number of benzene rings is 2. The molecule has 2 heteroatoms. The Morgan fingerprint density at radius 2 is 1.82 bits per heavy atom. The lowest BCUT2D eigenvalue weighted by Gasteiger charge is -2.29. The Morgan fingerprint density at radius 3 is 2.82 bits per heavy atom. The van der Waals surface area contributed by atoms with E-state index in [9.17, 15) is 0 Å². The van der Waals surface area contributed by atoms with Crippen molar-refractivity contribution in [3.63, 3.8) is 0 Å². The van der Waals surface area contributed by atoms with Gasteiger partial charge in [-0.25, -0.2) is 0 Å². The van der Waals surface area contributed by atoms with Gasteiger partial charge in [-0.15, -0.1) is 0 Å². The normalized spacial score (nSPS) is 22.8. The van der Waals surface area contributed by atoms with Gasteiger partial charge < -0.3 is 10.3 Å². The lowest BCUT2D eigenvalue weighted by atomic mass is 9.79. The topological polar surface area (TPSA) is 27.8 Å². The number of aromatic nitrogens is 1. The van der Waals surface area contributed by atoms with Gasteiger partial charge in [-0.2, -0.15) is 0 Å². The first-order valence-electron chi connectivity index (χ1n) is 8.04. The first kappa shape index (κ1) is 12.1. The van der Waals surface area contributed by atoms with Crippen LogP contribution in [-0.2, 0) is 0 Å². The van der Waals surface area contributed by atoms with E-state index in [1.54, 1.807) is 0 Å². The van der Waals surface area contributed by atoms with E-state index in [1.165, 1.54) is 39.7 Å². The Hall–Kier alpha value is -2.48. The SMILES string of the molecule is C1=C2c3ccccc3NC2C(c2c[nH]c3ccccc23)CC1. The van der Waals surface area contributed by atoms with Gasteiger partial charge in [0.05, 0.1) is 6.04 Å². The summed E-state index contributed by atoms with van der Waals surface area (Å²) in [4.78, 5) is 3.44. The summed E-state index contributed by atoms with van der Waals surface area (Å²) in [5.41, 5.74) is 6.84. The molecule has 0 spiro atoms. The van der Waals surface area contributed by atoms with Crippen LogP contribution in [0.4, 0.5) is 5.69 Å². The van der Waals surface area contributed by atoms with Crippen LogP contribution in [0.2, 0.25) is 0 Å². The molecule has 1 aliphatic heterocycles. The van der Waals surface area contributed by atoms with Crippen molar-refractivity contribution in [1.82, 2.24) is 4.98 Å². The van der Waals surface area contributed by atoms with E-state index in [1.807, 2.05) is 0 Å². The van der Waals surface area contributed by atoms with Crippen molar-refractivity contribution in [2.24, 2.45) is 0 Å². The van der Waals surface area contributed by atoms with Crippen molar-refractivity contribution in [2.75, 3.05) is 5.32 Å². The van der Waals surface area contributed by atoms with Crippen LogP contribution in [0.1, 0.15) is 29.9 Å². The van der Waals surface area contributed by atoms with E-state index in [-0.39, 0.29) is 0 Å². The lowest BCUT2D eigenvalue weighted by molar-refractivity contribution is 0.593. The molecule has 0 bridgehead atoms. The standard InChI is InChI=1S/C20H18N2/c1-3-10-18-14(7-1)17(12-21-18)16-9-5-8-15-13-6-2-4-11-19(13)22-20(15)16/h1-4,6-8,10-12,16,20-22H,5,9H2. The molecule has 1 aromatic heterocycles. The van der Waals surface area contributed by atoms with Crippen LogP contribution in [0, 0.1) is 0 Å². The smallest absolute Gasteiger partial charge is 0.0586 e. The third kappa shape index (κ3) is 1.61. The number of para-hydroxylation sites is 2. The van der Waals surface area contributed by atoms with Gasteiger partial charge in [-0.1, -0.05) is 42.5 Å².